The molecule has 1 N–H and O–H groups in total. The third kappa shape index (κ3) is 2.31. The number of hydrogen-bond donors (Lipinski definition) is 1. The van der Waals surface area contributed by atoms with Gasteiger partial charge in [0, 0.05) is 7.05 Å². The first kappa shape index (κ1) is 11.3. The fourth-order valence-corrected chi connectivity index (χ4v) is 2.14. The Hall–Kier alpha value is -1.20. The number of nitrogens with zero attached hydrogens (tertiary/aromatic N) is 2. The molecule has 2 heterocycles. The zero-order valence-electron chi connectivity index (χ0n) is 8.82. The van der Waals surface area contributed by atoms with Crippen molar-refractivity contribution >= 4 is 29.3 Å². The van der Waals surface area contributed by atoms with E-state index in [1.807, 2.05) is 13.0 Å². The van der Waals surface area contributed by atoms with E-state index in [2.05, 4.69) is 15.3 Å². The van der Waals surface area contributed by atoms with Gasteiger partial charge in [-0.15, -0.1) is 0 Å². The van der Waals surface area contributed by atoms with Crippen LogP contribution >= 0.6 is 23.4 Å². The Balaban J connectivity index is 2.30. The molecule has 16 heavy (non-hydrogen) atoms. The SMILES string of the molecule is CNc1ncc(Cl)c(Sc2ccoc2C)n1. The van der Waals surface area contributed by atoms with Gasteiger partial charge >= 0.3 is 0 Å². The lowest BCUT2D eigenvalue weighted by molar-refractivity contribution is 0.527. The molecule has 0 unspecified atom stereocenters. The van der Waals surface area contributed by atoms with Crippen molar-refractivity contribution in [3.63, 3.8) is 0 Å². The maximum atomic E-state index is 6.02. The number of furan rings is 1. The van der Waals surface area contributed by atoms with Crippen LogP contribution in [-0.4, -0.2) is 17.0 Å². The van der Waals surface area contributed by atoms with E-state index in [1.165, 1.54) is 11.8 Å². The number of halogens is 1. The zero-order valence-corrected chi connectivity index (χ0v) is 10.4. The van der Waals surface area contributed by atoms with Gasteiger partial charge in [0.2, 0.25) is 5.95 Å². The fraction of sp³-hybridized carbons (Fsp3) is 0.200. The fourth-order valence-electron chi connectivity index (χ4n) is 1.13. The van der Waals surface area contributed by atoms with Gasteiger partial charge in [-0.1, -0.05) is 23.4 Å². The van der Waals surface area contributed by atoms with Crippen molar-refractivity contribution in [2.24, 2.45) is 0 Å². The molecule has 0 aliphatic rings. The lowest BCUT2D eigenvalue weighted by Gasteiger charge is -2.04. The zero-order chi connectivity index (χ0) is 11.5. The van der Waals surface area contributed by atoms with Gasteiger partial charge in [0.05, 0.1) is 22.4 Å². The Morgan fingerprint density at radius 3 is 2.94 bits per heavy atom. The number of aryl methyl sites for hydroxylation is 1. The number of aromatic nitrogens is 2. The van der Waals surface area contributed by atoms with Crippen LogP contribution in [0.15, 0.2) is 32.9 Å². The number of hydrogen-bond acceptors (Lipinski definition) is 5. The third-order valence-electron chi connectivity index (χ3n) is 1.95. The minimum absolute atomic E-state index is 0.532. The molecule has 2 aromatic rings. The van der Waals surface area contributed by atoms with Crippen LogP contribution in [0.3, 0.4) is 0 Å². The van der Waals surface area contributed by atoms with Gasteiger partial charge in [-0.05, 0) is 13.0 Å². The largest absolute Gasteiger partial charge is 0.468 e. The molecule has 6 heteroatoms. The third-order valence-corrected chi connectivity index (χ3v) is 3.49. The summed E-state index contributed by atoms with van der Waals surface area (Å²) in [6, 6.07) is 1.89. The monoisotopic (exact) mass is 255 g/mol. The summed E-state index contributed by atoms with van der Waals surface area (Å²) < 4.78 is 5.21. The van der Waals surface area contributed by atoms with E-state index in [0.29, 0.717) is 16.0 Å². The van der Waals surface area contributed by atoms with Crippen molar-refractivity contribution < 1.29 is 4.42 Å². The number of rotatable bonds is 3. The van der Waals surface area contributed by atoms with E-state index in [0.717, 1.165) is 10.7 Å². The van der Waals surface area contributed by atoms with E-state index in [-0.39, 0.29) is 0 Å². The second-order valence-corrected chi connectivity index (χ2v) is 4.48. The van der Waals surface area contributed by atoms with E-state index in [9.17, 15) is 0 Å². The Kier molecular flexibility index (Phi) is 3.36. The van der Waals surface area contributed by atoms with Crippen LogP contribution in [0.4, 0.5) is 5.95 Å². The average molecular weight is 256 g/mol. The van der Waals surface area contributed by atoms with Gasteiger partial charge in [-0.3, -0.25) is 0 Å². The molecule has 2 aromatic heterocycles. The highest BCUT2D eigenvalue weighted by Crippen LogP contribution is 2.34. The van der Waals surface area contributed by atoms with Crippen LogP contribution in [-0.2, 0) is 0 Å². The first-order valence-corrected chi connectivity index (χ1v) is 5.82. The van der Waals surface area contributed by atoms with E-state index < -0.39 is 0 Å². The van der Waals surface area contributed by atoms with Crippen molar-refractivity contribution in [1.29, 1.82) is 0 Å². The molecule has 0 spiro atoms. The smallest absolute Gasteiger partial charge is 0.223 e. The summed E-state index contributed by atoms with van der Waals surface area (Å²) in [5, 5.41) is 4.12. The summed E-state index contributed by atoms with van der Waals surface area (Å²) in [6.45, 7) is 1.90. The minimum atomic E-state index is 0.532. The second kappa shape index (κ2) is 4.76. The van der Waals surface area contributed by atoms with Crippen molar-refractivity contribution in [3.05, 3.63) is 29.3 Å². The molecule has 0 aliphatic heterocycles. The molecule has 2 rings (SSSR count). The highest BCUT2D eigenvalue weighted by atomic mass is 35.5. The first-order chi connectivity index (χ1) is 7.70. The van der Waals surface area contributed by atoms with E-state index in [4.69, 9.17) is 16.0 Å². The highest BCUT2D eigenvalue weighted by Gasteiger charge is 2.09. The van der Waals surface area contributed by atoms with Gasteiger partial charge in [0.15, 0.2) is 0 Å². The molecule has 0 aromatic carbocycles. The Morgan fingerprint density at radius 2 is 2.31 bits per heavy atom. The molecule has 0 radical (unpaired) electrons. The molecule has 0 fully saturated rings. The summed E-state index contributed by atoms with van der Waals surface area (Å²) in [6.07, 6.45) is 3.23. The Labute approximate surface area is 102 Å². The summed E-state index contributed by atoms with van der Waals surface area (Å²) in [7, 11) is 1.76. The number of nitrogens with one attached hydrogen (secondary N) is 1. The standard InChI is InChI=1S/C10H10ClN3OS/c1-6-8(3-4-15-6)16-9-7(11)5-13-10(12-2)14-9/h3-5H,1-2H3,(H,12,13,14). The molecule has 0 bridgehead atoms. The molecule has 0 amide bonds. The van der Waals surface area contributed by atoms with Crippen molar-refractivity contribution in [2.45, 2.75) is 16.8 Å². The Morgan fingerprint density at radius 1 is 1.50 bits per heavy atom. The van der Waals surface area contributed by atoms with Gasteiger partial charge in [-0.2, -0.15) is 0 Å². The van der Waals surface area contributed by atoms with Gasteiger partial charge < -0.3 is 9.73 Å². The van der Waals surface area contributed by atoms with Crippen LogP contribution in [0.25, 0.3) is 0 Å². The van der Waals surface area contributed by atoms with Gasteiger partial charge in [-0.25, -0.2) is 9.97 Å². The normalized spacial score (nSPS) is 10.4. The molecular weight excluding hydrogens is 246 g/mol. The average Bonchev–Trinajstić information content (AvgIpc) is 2.68. The number of anilines is 1. The topological polar surface area (TPSA) is 51.0 Å². The summed E-state index contributed by atoms with van der Waals surface area (Å²) in [4.78, 5) is 9.29. The molecule has 0 aliphatic carbocycles. The predicted molar refractivity (Wildman–Crippen MR) is 64.2 cm³/mol. The van der Waals surface area contributed by atoms with Gasteiger partial charge in [0.25, 0.3) is 0 Å². The summed E-state index contributed by atoms with van der Waals surface area (Å²) in [5.74, 6) is 1.40. The van der Waals surface area contributed by atoms with Crippen molar-refractivity contribution in [3.8, 4) is 0 Å². The van der Waals surface area contributed by atoms with Crippen LogP contribution in [0.5, 0.6) is 0 Å². The maximum absolute atomic E-state index is 6.02. The van der Waals surface area contributed by atoms with Crippen LogP contribution in [0.1, 0.15) is 5.76 Å². The lowest BCUT2D eigenvalue weighted by atomic mass is 10.5. The quantitative estimate of drug-likeness (QED) is 0.854. The maximum Gasteiger partial charge on any atom is 0.223 e. The molecule has 84 valence electrons. The highest BCUT2D eigenvalue weighted by molar-refractivity contribution is 7.99. The van der Waals surface area contributed by atoms with Crippen LogP contribution < -0.4 is 5.32 Å². The minimum Gasteiger partial charge on any atom is -0.468 e. The molecule has 0 saturated heterocycles. The van der Waals surface area contributed by atoms with E-state index in [1.54, 1.807) is 19.5 Å². The van der Waals surface area contributed by atoms with Crippen LogP contribution in [0.2, 0.25) is 5.02 Å². The molecule has 0 atom stereocenters. The summed E-state index contributed by atoms with van der Waals surface area (Å²) >= 11 is 7.48. The molecule has 4 nitrogen and oxygen atoms in total. The van der Waals surface area contributed by atoms with Gasteiger partial charge in [0.1, 0.15) is 10.8 Å². The lowest BCUT2D eigenvalue weighted by Crippen LogP contribution is -1.96. The second-order valence-electron chi connectivity index (χ2n) is 3.04. The summed E-state index contributed by atoms with van der Waals surface area (Å²) in [5.41, 5.74) is 0. The van der Waals surface area contributed by atoms with Crippen molar-refractivity contribution in [1.82, 2.24) is 9.97 Å². The molecular formula is C10H10ClN3OS. The Bertz CT molecular complexity index is 501. The first-order valence-electron chi connectivity index (χ1n) is 4.63. The molecule has 0 saturated carbocycles. The van der Waals surface area contributed by atoms with Crippen LogP contribution in [0, 0.1) is 6.92 Å². The predicted octanol–water partition coefficient (Wildman–Crippen LogP) is 3.22. The van der Waals surface area contributed by atoms with E-state index >= 15 is 0 Å². The van der Waals surface area contributed by atoms with Crippen molar-refractivity contribution in [2.75, 3.05) is 12.4 Å².